The average Bonchev–Trinajstić information content (AvgIpc) is 2.51. The molecule has 1 aromatic heterocycles. The zero-order chi connectivity index (χ0) is 17.0. The first-order valence-electron chi connectivity index (χ1n) is 7.20. The summed E-state index contributed by atoms with van der Waals surface area (Å²) in [5, 5.41) is 11.7. The lowest BCUT2D eigenvalue weighted by Crippen LogP contribution is -2.41. The summed E-state index contributed by atoms with van der Waals surface area (Å²) in [6.45, 7) is 3.74. The summed E-state index contributed by atoms with van der Waals surface area (Å²) < 4.78 is 0. The van der Waals surface area contributed by atoms with Crippen LogP contribution in [0, 0.1) is 13.8 Å². The summed E-state index contributed by atoms with van der Waals surface area (Å²) in [7, 11) is 0. The molecule has 1 aromatic carbocycles. The molecule has 0 spiro atoms. The molecule has 1 atom stereocenters. The van der Waals surface area contributed by atoms with Crippen molar-refractivity contribution in [1.82, 2.24) is 15.3 Å². The molecule has 2 rings (SSSR count). The van der Waals surface area contributed by atoms with E-state index in [1.807, 2.05) is 20.1 Å². The number of benzene rings is 1. The van der Waals surface area contributed by atoms with Crippen molar-refractivity contribution < 1.29 is 14.7 Å². The first-order valence-corrected chi connectivity index (χ1v) is 8.59. The Kier molecular flexibility index (Phi) is 5.54. The number of aliphatic carboxylic acids is 1. The monoisotopic (exact) mass is 333 g/mol. The van der Waals surface area contributed by atoms with E-state index >= 15 is 0 Å². The highest BCUT2D eigenvalue weighted by Gasteiger charge is 2.20. The maximum atomic E-state index is 12.3. The van der Waals surface area contributed by atoms with E-state index in [1.165, 1.54) is 0 Å². The molecule has 2 aromatic rings. The fourth-order valence-corrected chi connectivity index (χ4v) is 2.58. The van der Waals surface area contributed by atoms with Crippen LogP contribution >= 0.6 is 11.8 Å². The molecule has 2 N–H and O–H groups in total. The lowest BCUT2D eigenvalue weighted by atomic mass is 10.1. The lowest BCUT2D eigenvalue weighted by Gasteiger charge is -2.14. The normalized spacial score (nSPS) is 12.1. The number of hydrogen-bond acceptors (Lipinski definition) is 5. The molecule has 1 heterocycles. The molecule has 0 fully saturated rings. The van der Waals surface area contributed by atoms with Crippen molar-refractivity contribution in [2.45, 2.75) is 26.3 Å². The first-order chi connectivity index (χ1) is 10.9. The molecule has 6 nitrogen and oxygen atoms in total. The van der Waals surface area contributed by atoms with Crippen molar-refractivity contribution in [3.63, 3.8) is 0 Å². The molecule has 0 aliphatic rings. The van der Waals surface area contributed by atoms with Gasteiger partial charge in [0.05, 0.1) is 22.4 Å². The van der Waals surface area contributed by atoms with E-state index in [2.05, 4.69) is 15.3 Å². The number of aromatic nitrogens is 2. The minimum Gasteiger partial charge on any atom is -0.480 e. The number of carbonyl (C=O) groups excluding carboxylic acids is 1. The van der Waals surface area contributed by atoms with Crippen molar-refractivity contribution in [3.05, 3.63) is 35.2 Å². The topological polar surface area (TPSA) is 92.2 Å². The van der Waals surface area contributed by atoms with Gasteiger partial charge in [0.25, 0.3) is 5.91 Å². The highest BCUT2D eigenvalue weighted by atomic mass is 32.2. The van der Waals surface area contributed by atoms with Crippen LogP contribution in [0.15, 0.2) is 18.2 Å². The van der Waals surface area contributed by atoms with E-state index < -0.39 is 17.9 Å². The Labute approximate surface area is 138 Å². The average molecular weight is 333 g/mol. The SMILES string of the molecule is CSCC[C@H](NC(=O)c1ccc2nc(C)c(C)nc2c1)C(=O)O. The number of aryl methyl sites for hydroxylation is 2. The third kappa shape index (κ3) is 4.19. The van der Waals surface area contributed by atoms with Crippen molar-refractivity contribution in [2.75, 3.05) is 12.0 Å². The van der Waals surface area contributed by atoms with Gasteiger partial charge in [-0.3, -0.25) is 4.79 Å². The minimum atomic E-state index is -1.03. The lowest BCUT2D eigenvalue weighted by molar-refractivity contribution is -0.139. The molecule has 0 aliphatic heterocycles. The zero-order valence-electron chi connectivity index (χ0n) is 13.3. The highest BCUT2D eigenvalue weighted by molar-refractivity contribution is 7.98. The largest absolute Gasteiger partial charge is 0.480 e. The second-order valence-electron chi connectivity index (χ2n) is 5.24. The van der Waals surface area contributed by atoms with Crippen LogP contribution in [0.4, 0.5) is 0 Å². The van der Waals surface area contributed by atoms with E-state index in [9.17, 15) is 14.7 Å². The van der Waals surface area contributed by atoms with Gasteiger partial charge in [0.1, 0.15) is 6.04 Å². The van der Waals surface area contributed by atoms with Crippen LogP contribution in [0.5, 0.6) is 0 Å². The van der Waals surface area contributed by atoms with Gasteiger partial charge < -0.3 is 10.4 Å². The summed E-state index contributed by atoms with van der Waals surface area (Å²) in [5.41, 5.74) is 3.36. The van der Waals surface area contributed by atoms with Crippen LogP contribution in [0.3, 0.4) is 0 Å². The van der Waals surface area contributed by atoms with Crippen LogP contribution in [0.1, 0.15) is 28.2 Å². The number of rotatable bonds is 6. The Balaban J connectivity index is 2.23. The minimum absolute atomic E-state index is 0.380. The third-order valence-electron chi connectivity index (χ3n) is 3.55. The Bertz CT molecular complexity index is 749. The Hall–Kier alpha value is -2.15. The molecule has 7 heteroatoms. The fourth-order valence-electron chi connectivity index (χ4n) is 2.11. The third-order valence-corrected chi connectivity index (χ3v) is 4.20. The Morgan fingerprint density at radius 3 is 2.48 bits per heavy atom. The summed E-state index contributed by atoms with van der Waals surface area (Å²) in [6.07, 6.45) is 2.28. The molecular weight excluding hydrogens is 314 g/mol. The van der Waals surface area contributed by atoms with Gasteiger partial charge >= 0.3 is 5.97 Å². The van der Waals surface area contributed by atoms with Gasteiger partial charge in [0.2, 0.25) is 0 Å². The number of amides is 1. The first kappa shape index (κ1) is 17.2. The van der Waals surface area contributed by atoms with E-state index in [-0.39, 0.29) is 0 Å². The maximum Gasteiger partial charge on any atom is 0.326 e. The van der Waals surface area contributed by atoms with Gasteiger partial charge in [-0.2, -0.15) is 11.8 Å². The molecular formula is C16H19N3O3S. The van der Waals surface area contributed by atoms with Gasteiger partial charge in [0.15, 0.2) is 0 Å². The molecule has 23 heavy (non-hydrogen) atoms. The predicted octanol–water partition coefficient (Wildman–Crippen LogP) is 2.18. The molecule has 0 saturated carbocycles. The summed E-state index contributed by atoms with van der Waals surface area (Å²) in [5.74, 6) is -0.779. The maximum absolute atomic E-state index is 12.3. The van der Waals surface area contributed by atoms with Crippen molar-refractivity contribution in [1.29, 1.82) is 0 Å². The number of hydrogen-bond donors (Lipinski definition) is 2. The summed E-state index contributed by atoms with van der Waals surface area (Å²) in [6, 6.07) is 4.10. The summed E-state index contributed by atoms with van der Waals surface area (Å²) in [4.78, 5) is 32.3. The number of carbonyl (C=O) groups is 2. The number of carboxylic acids is 1. The molecule has 0 bridgehead atoms. The van der Waals surface area contributed by atoms with E-state index in [1.54, 1.807) is 30.0 Å². The number of fused-ring (bicyclic) bond motifs is 1. The smallest absolute Gasteiger partial charge is 0.326 e. The highest BCUT2D eigenvalue weighted by Crippen LogP contribution is 2.15. The van der Waals surface area contributed by atoms with Gasteiger partial charge in [-0.05, 0) is 50.5 Å². The summed E-state index contributed by atoms with van der Waals surface area (Å²) >= 11 is 1.54. The Morgan fingerprint density at radius 1 is 1.22 bits per heavy atom. The molecule has 0 radical (unpaired) electrons. The van der Waals surface area contributed by atoms with Crippen LogP contribution in [-0.2, 0) is 4.79 Å². The van der Waals surface area contributed by atoms with Crippen LogP contribution < -0.4 is 5.32 Å². The van der Waals surface area contributed by atoms with E-state index in [4.69, 9.17) is 0 Å². The van der Waals surface area contributed by atoms with Crippen LogP contribution in [-0.4, -0.2) is 45.0 Å². The van der Waals surface area contributed by atoms with Gasteiger partial charge in [0, 0.05) is 5.56 Å². The number of nitrogens with zero attached hydrogens (tertiary/aromatic N) is 2. The second-order valence-corrected chi connectivity index (χ2v) is 6.23. The molecule has 0 unspecified atom stereocenters. The molecule has 0 saturated heterocycles. The second kappa shape index (κ2) is 7.41. The predicted molar refractivity (Wildman–Crippen MR) is 90.9 cm³/mol. The standard InChI is InChI=1S/C16H19N3O3S/c1-9-10(2)18-14-8-11(4-5-12(14)17-9)15(20)19-13(16(21)22)6-7-23-3/h4-5,8,13H,6-7H2,1-3H3,(H,19,20)(H,21,22)/t13-/m0/s1. The number of thioether (sulfide) groups is 1. The Morgan fingerprint density at radius 2 is 1.87 bits per heavy atom. The number of nitrogens with one attached hydrogen (secondary N) is 1. The zero-order valence-corrected chi connectivity index (χ0v) is 14.1. The molecule has 1 amide bonds. The van der Waals surface area contributed by atoms with E-state index in [0.29, 0.717) is 28.8 Å². The van der Waals surface area contributed by atoms with Crippen LogP contribution in [0.25, 0.3) is 11.0 Å². The quantitative estimate of drug-likeness (QED) is 0.842. The van der Waals surface area contributed by atoms with Gasteiger partial charge in [-0.25, -0.2) is 14.8 Å². The molecule has 0 aliphatic carbocycles. The van der Waals surface area contributed by atoms with Crippen LogP contribution in [0.2, 0.25) is 0 Å². The van der Waals surface area contributed by atoms with E-state index in [0.717, 1.165) is 11.4 Å². The van der Waals surface area contributed by atoms with Gasteiger partial charge in [-0.1, -0.05) is 0 Å². The van der Waals surface area contributed by atoms with Crippen molar-refractivity contribution in [3.8, 4) is 0 Å². The molecule has 122 valence electrons. The van der Waals surface area contributed by atoms with Gasteiger partial charge in [-0.15, -0.1) is 0 Å². The fraction of sp³-hybridized carbons (Fsp3) is 0.375. The number of carboxylic acid groups (broad SMARTS) is 1. The van der Waals surface area contributed by atoms with Crippen molar-refractivity contribution in [2.24, 2.45) is 0 Å². The van der Waals surface area contributed by atoms with Crippen molar-refractivity contribution >= 4 is 34.7 Å².